The van der Waals surface area contributed by atoms with E-state index in [0.29, 0.717) is 17.8 Å². The second kappa shape index (κ2) is 7.92. The number of hydrogen-bond donors (Lipinski definition) is 1. The van der Waals surface area contributed by atoms with Gasteiger partial charge in [0.05, 0.1) is 0 Å². The van der Waals surface area contributed by atoms with Gasteiger partial charge in [-0.25, -0.2) is 4.99 Å². The smallest absolute Gasteiger partial charge is 0.257 e. The Hall–Kier alpha value is -1.32. The normalized spacial score (nSPS) is 34.2. The second-order valence-corrected chi connectivity index (χ2v) is 8.64. The first-order valence-electron chi connectivity index (χ1n) is 10.3. The van der Waals surface area contributed by atoms with Crippen molar-refractivity contribution in [2.24, 2.45) is 28.5 Å². The molecule has 3 atom stereocenters. The van der Waals surface area contributed by atoms with Crippen LogP contribution in [0, 0.1) is 17.8 Å². The van der Waals surface area contributed by atoms with Crippen LogP contribution in [-0.2, 0) is 4.79 Å². The lowest BCUT2D eigenvalue weighted by atomic mass is 9.72. The van der Waals surface area contributed by atoms with E-state index in [1.165, 1.54) is 51.4 Å². The van der Waals surface area contributed by atoms with Gasteiger partial charge in [-0.1, -0.05) is 51.0 Å². The molecule has 0 aromatic rings. The molecule has 2 fully saturated rings. The monoisotopic (exact) mass is 345 g/mol. The van der Waals surface area contributed by atoms with Crippen molar-refractivity contribution < 1.29 is 4.79 Å². The maximum Gasteiger partial charge on any atom is 0.257 e. The second-order valence-electron chi connectivity index (χ2n) is 8.64. The lowest BCUT2D eigenvalue weighted by Gasteiger charge is -2.34. The Labute approximate surface area is 152 Å². The number of hydrogen-bond acceptors (Lipinski definition) is 3. The van der Waals surface area contributed by atoms with E-state index in [0.717, 1.165) is 31.6 Å². The summed E-state index contributed by atoms with van der Waals surface area (Å²) in [7, 11) is 1.77. The molecule has 1 amide bonds. The molecule has 4 nitrogen and oxygen atoms in total. The molecule has 1 heterocycles. The van der Waals surface area contributed by atoms with Crippen LogP contribution < -0.4 is 5.73 Å². The van der Waals surface area contributed by atoms with Crippen LogP contribution >= 0.6 is 0 Å². The third-order valence-electron chi connectivity index (χ3n) is 6.85. The van der Waals surface area contributed by atoms with Crippen LogP contribution in [0.1, 0.15) is 77.0 Å². The predicted molar refractivity (Wildman–Crippen MR) is 103 cm³/mol. The molecule has 0 saturated heterocycles. The van der Waals surface area contributed by atoms with E-state index in [1.807, 2.05) is 0 Å². The highest BCUT2D eigenvalue weighted by Gasteiger charge is 2.47. The fraction of sp³-hybridized carbons (Fsp3) is 0.810. The van der Waals surface area contributed by atoms with Crippen LogP contribution in [-0.4, -0.2) is 29.4 Å². The molecule has 0 aromatic heterocycles. The zero-order valence-corrected chi connectivity index (χ0v) is 15.9. The first-order chi connectivity index (χ1) is 12.0. The van der Waals surface area contributed by atoms with Crippen LogP contribution in [0.2, 0.25) is 0 Å². The first kappa shape index (κ1) is 18.5. The maximum absolute atomic E-state index is 13.0. The third-order valence-corrected chi connectivity index (χ3v) is 6.85. The van der Waals surface area contributed by atoms with Crippen LogP contribution in [0.15, 0.2) is 17.6 Å². The molecular weight excluding hydrogens is 310 g/mol. The summed E-state index contributed by atoms with van der Waals surface area (Å²) >= 11 is 0. The van der Waals surface area contributed by atoms with E-state index in [-0.39, 0.29) is 5.91 Å². The van der Waals surface area contributed by atoms with Crippen LogP contribution in [0.3, 0.4) is 0 Å². The minimum atomic E-state index is -0.593. The standard InChI is InChI=1S/C21H35N3O/c1-3-16-10-7-11-18(14-16)15-21(19(25)24(2)20(22)23-21)13-12-17-8-5-4-6-9-17/h3,16-18H,1,4-15H2,2H3,(H2,22,23)/t16-,18+,21-/m1/s1. The highest BCUT2D eigenvalue weighted by molar-refractivity contribution is 6.06. The predicted octanol–water partition coefficient (Wildman–Crippen LogP) is 4.25. The van der Waals surface area contributed by atoms with E-state index in [4.69, 9.17) is 10.7 Å². The molecule has 140 valence electrons. The summed E-state index contributed by atoms with van der Waals surface area (Å²) < 4.78 is 0. The Morgan fingerprint density at radius 1 is 1.20 bits per heavy atom. The summed E-state index contributed by atoms with van der Waals surface area (Å²) in [5, 5.41) is 0. The Morgan fingerprint density at radius 3 is 2.56 bits per heavy atom. The van der Waals surface area contributed by atoms with Gasteiger partial charge in [0.25, 0.3) is 5.91 Å². The van der Waals surface area contributed by atoms with Gasteiger partial charge in [0.1, 0.15) is 5.54 Å². The SMILES string of the molecule is C=C[C@@H]1CCC[C@H](C[C@@]2(CCC3CCCCC3)N=C(N)N(C)C2=O)C1. The molecule has 0 aromatic carbocycles. The minimum absolute atomic E-state index is 0.126. The molecule has 0 radical (unpaired) electrons. The lowest BCUT2D eigenvalue weighted by molar-refractivity contribution is -0.131. The summed E-state index contributed by atoms with van der Waals surface area (Å²) in [5.41, 5.74) is 5.46. The summed E-state index contributed by atoms with van der Waals surface area (Å²) in [6.45, 7) is 3.98. The molecule has 25 heavy (non-hydrogen) atoms. The van der Waals surface area contributed by atoms with E-state index in [1.54, 1.807) is 11.9 Å². The Kier molecular flexibility index (Phi) is 5.85. The number of aliphatic imine (C=N–C) groups is 1. The lowest BCUT2D eigenvalue weighted by Crippen LogP contribution is -2.44. The van der Waals surface area contributed by atoms with Crippen LogP contribution in [0.5, 0.6) is 0 Å². The molecule has 0 bridgehead atoms. The van der Waals surface area contributed by atoms with Crippen molar-refractivity contribution >= 4 is 11.9 Å². The number of nitrogens with zero attached hydrogens (tertiary/aromatic N) is 2. The maximum atomic E-state index is 13.0. The van der Waals surface area contributed by atoms with Gasteiger partial charge in [-0.05, 0) is 49.9 Å². The molecule has 2 aliphatic carbocycles. The largest absolute Gasteiger partial charge is 0.369 e. The number of likely N-dealkylation sites (N-methyl/N-ethyl adjacent to an activating group) is 1. The van der Waals surface area contributed by atoms with E-state index < -0.39 is 5.54 Å². The molecule has 3 aliphatic rings. The average molecular weight is 346 g/mol. The van der Waals surface area contributed by atoms with Gasteiger partial charge in [0.15, 0.2) is 5.96 Å². The van der Waals surface area contributed by atoms with Crippen molar-refractivity contribution in [1.29, 1.82) is 0 Å². The molecule has 0 spiro atoms. The van der Waals surface area contributed by atoms with Gasteiger partial charge < -0.3 is 5.73 Å². The van der Waals surface area contributed by atoms with Crippen molar-refractivity contribution in [2.45, 2.75) is 82.6 Å². The van der Waals surface area contributed by atoms with Crippen molar-refractivity contribution in [3.63, 3.8) is 0 Å². The molecule has 4 heteroatoms. The topological polar surface area (TPSA) is 58.7 Å². The third kappa shape index (κ3) is 4.09. The van der Waals surface area contributed by atoms with Gasteiger partial charge in [-0.2, -0.15) is 0 Å². The van der Waals surface area contributed by atoms with Gasteiger partial charge in [0.2, 0.25) is 0 Å². The van der Waals surface area contributed by atoms with Crippen LogP contribution in [0.4, 0.5) is 0 Å². The van der Waals surface area contributed by atoms with Gasteiger partial charge in [0, 0.05) is 7.05 Å². The fourth-order valence-corrected chi connectivity index (χ4v) is 5.28. The number of amides is 1. The molecular formula is C21H35N3O. The van der Waals surface area contributed by atoms with E-state index in [2.05, 4.69) is 12.7 Å². The van der Waals surface area contributed by atoms with Crippen molar-refractivity contribution in [1.82, 2.24) is 4.90 Å². The number of carbonyl (C=O) groups excluding carboxylic acids is 1. The van der Waals surface area contributed by atoms with E-state index >= 15 is 0 Å². The van der Waals surface area contributed by atoms with Crippen molar-refractivity contribution in [2.75, 3.05) is 7.05 Å². The molecule has 0 unspecified atom stereocenters. The summed E-state index contributed by atoms with van der Waals surface area (Å²) in [6.07, 6.45) is 16.5. The van der Waals surface area contributed by atoms with Crippen molar-refractivity contribution in [3.8, 4) is 0 Å². The number of allylic oxidation sites excluding steroid dienone is 1. The molecule has 1 aliphatic heterocycles. The molecule has 3 rings (SSSR count). The number of guanidine groups is 1. The molecule has 2 N–H and O–H groups in total. The Morgan fingerprint density at radius 2 is 1.92 bits per heavy atom. The zero-order chi connectivity index (χ0) is 17.9. The first-order valence-corrected chi connectivity index (χ1v) is 10.3. The Balaban J connectivity index is 1.70. The molecule has 2 saturated carbocycles. The highest BCUT2D eigenvalue weighted by Crippen LogP contribution is 2.41. The zero-order valence-electron chi connectivity index (χ0n) is 15.9. The van der Waals surface area contributed by atoms with Crippen molar-refractivity contribution in [3.05, 3.63) is 12.7 Å². The fourth-order valence-electron chi connectivity index (χ4n) is 5.28. The van der Waals surface area contributed by atoms with E-state index in [9.17, 15) is 4.79 Å². The van der Waals surface area contributed by atoms with Gasteiger partial charge in [-0.15, -0.1) is 6.58 Å². The average Bonchev–Trinajstić information content (AvgIpc) is 2.85. The summed E-state index contributed by atoms with van der Waals surface area (Å²) in [4.78, 5) is 19.4. The summed E-state index contributed by atoms with van der Waals surface area (Å²) in [6, 6.07) is 0. The minimum Gasteiger partial charge on any atom is -0.369 e. The highest BCUT2D eigenvalue weighted by atomic mass is 16.2. The summed E-state index contributed by atoms with van der Waals surface area (Å²) in [5.74, 6) is 2.47. The quantitative estimate of drug-likeness (QED) is 0.731. The van der Waals surface area contributed by atoms with Crippen LogP contribution in [0.25, 0.3) is 0 Å². The number of rotatable bonds is 6. The van der Waals surface area contributed by atoms with Gasteiger partial charge in [-0.3, -0.25) is 9.69 Å². The van der Waals surface area contributed by atoms with Gasteiger partial charge >= 0.3 is 0 Å². The number of nitrogens with two attached hydrogens (primary N) is 1. The number of carbonyl (C=O) groups is 1. The Bertz CT molecular complexity index is 523.